The molecule has 2 aromatic carbocycles. The van der Waals surface area contributed by atoms with Gasteiger partial charge in [0.05, 0.1) is 6.54 Å². The van der Waals surface area contributed by atoms with Crippen molar-refractivity contribution in [3.63, 3.8) is 0 Å². The second kappa shape index (κ2) is 4.94. The van der Waals surface area contributed by atoms with Crippen molar-refractivity contribution in [3.8, 4) is 5.88 Å². The lowest BCUT2D eigenvalue weighted by Gasteiger charge is -1.93. The normalized spacial score (nSPS) is 11.4. The Kier molecular flexibility index (Phi) is 2.98. The van der Waals surface area contributed by atoms with Crippen LogP contribution in [0.5, 0.6) is 5.88 Å². The molecular formula is C15H13N3O. The topological polar surface area (TPSA) is 60.7 Å². The summed E-state index contributed by atoms with van der Waals surface area (Å²) in [6.45, 7) is 0.523. The van der Waals surface area contributed by atoms with Gasteiger partial charge in [-0.15, -0.1) is 5.11 Å². The van der Waals surface area contributed by atoms with Crippen molar-refractivity contribution < 1.29 is 5.11 Å². The number of nitrogens with zero attached hydrogens (tertiary/aromatic N) is 2. The van der Waals surface area contributed by atoms with Crippen LogP contribution in [0.25, 0.3) is 10.8 Å². The lowest BCUT2D eigenvalue weighted by molar-refractivity contribution is 0.463. The van der Waals surface area contributed by atoms with E-state index in [0.29, 0.717) is 12.4 Å². The molecule has 2 N–H and O–H groups in total. The van der Waals surface area contributed by atoms with E-state index in [1.165, 1.54) is 0 Å². The van der Waals surface area contributed by atoms with Crippen molar-refractivity contribution in [2.75, 3.05) is 0 Å². The van der Waals surface area contributed by atoms with E-state index in [-0.39, 0.29) is 5.88 Å². The summed E-state index contributed by atoms with van der Waals surface area (Å²) in [4.78, 5) is 2.83. The molecule has 4 nitrogen and oxygen atoms in total. The van der Waals surface area contributed by atoms with E-state index >= 15 is 0 Å². The van der Waals surface area contributed by atoms with Gasteiger partial charge in [-0.3, -0.25) is 0 Å². The van der Waals surface area contributed by atoms with Gasteiger partial charge in [-0.05, 0) is 11.6 Å². The molecule has 0 fully saturated rings. The highest BCUT2D eigenvalue weighted by Gasteiger charge is 2.07. The maximum atomic E-state index is 9.75. The standard InChI is InChI=1S/C15H13N3O/c19-15-13-9-5-4-8-12(13)14(17-15)18-16-10-11-6-2-1-3-7-11/h1-9,17,19H,10H2. The molecule has 3 aromatic rings. The largest absolute Gasteiger partial charge is 0.494 e. The second-order valence-electron chi connectivity index (χ2n) is 4.25. The number of hydrogen-bond acceptors (Lipinski definition) is 3. The average Bonchev–Trinajstić information content (AvgIpc) is 2.78. The summed E-state index contributed by atoms with van der Waals surface area (Å²) in [5.41, 5.74) is 1.10. The van der Waals surface area contributed by atoms with Crippen LogP contribution < -0.4 is 0 Å². The molecule has 0 radical (unpaired) electrons. The monoisotopic (exact) mass is 251 g/mol. The van der Waals surface area contributed by atoms with Gasteiger partial charge in [-0.2, -0.15) is 5.11 Å². The van der Waals surface area contributed by atoms with E-state index < -0.39 is 0 Å². The molecule has 1 aromatic heterocycles. The van der Waals surface area contributed by atoms with Crippen molar-refractivity contribution in [1.82, 2.24) is 4.98 Å². The summed E-state index contributed by atoms with van der Waals surface area (Å²) in [5, 5.41) is 19.7. The zero-order chi connectivity index (χ0) is 13.1. The Morgan fingerprint density at radius 1 is 0.895 bits per heavy atom. The van der Waals surface area contributed by atoms with E-state index in [0.717, 1.165) is 16.3 Å². The Morgan fingerprint density at radius 2 is 1.58 bits per heavy atom. The first-order chi connectivity index (χ1) is 9.34. The Hall–Kier alpha value is -2.62. The van der Waals surface area contributed by atoms with E-state index in [2.05, 4.69) is 15.2 Å². The minimum Gasteiger partial charge on any atom is -0.494 e. The molecule has 3 rings (SSSR count). The van der Waals surface area contributed by atoms with Crippen LogP contribution in [0.1, 0.15) is 5.56 Å². The number of H-pyrrole nitrogens is 1. The molecule has 0 aliphatic rings. The number of rotatable bonds is 3. The average molecular weight is 251 g/mol. The molecule has 0 saturated carbocycles. The third kappa shape index (κ3) is 2.33. The van der Waals surface area contributed by atoms with Gasteiger partial charge in [0.25, 0.3) is 0 Å². The van der Waals surface area contributed by atoms with Crippen LogP contribution in [0.3, 0.4) is 0 Å². The summed E-state index contributed by atoms with van der Waals surface area (Å²) in [5.74, 6) is 0.716. The van der Waals surface area contributed by atoms with E-state index in [9.17, 15) is 5.11 Å². The molecule has 0 atom stereocenters. The van der Waals surface area contributed by atoms with Gasteiger partial charge in [-0.25, -0.2) is 0 Å². The van der Waals surface area contributed by atoms with Gasteiger partial charge >= 0.3 is 0 Å². The number of fused-ring (bicyclic) bond motifs is 1. The summed E-state index contributed by atoms with van der Waals surface area (Å²) in [6.07, 6.45) is 0. The van der Waals surface area contributed by atoms with Crippen molar-refractivity contribution in [1.29, 1.82) is 0 Å². The van der Waals surface area contributed by atoms with Gasteiger partial charge < -0.3 is 10.1 Å². The van der Waals surface area contributed by atoms with Gasteiger partial charge in [0.1, 0.15) is 0 Å². The molecule has 1 heterocycles. The summed E-state index contributed by atoms with van der Waals surface area (Å²) >= 11 is 0. The molecule has 0 saturated heterocycles. The van der Waals surface area contributed by atoms with E-state index in [4.69, 9.17) is 0 Å². The van der Waals surface area contributed by atoms with E-state index in [1.54, 1.807) is 0 Å². The van der Waals surface area contributed by atoms with Crippen LogP contribution in [0, 0.1) is 0 Å². The van der Waals surface area contributed by atoms with Crippen LogP contribution in [0.2, 0.25) is 0 Å². The highest BCUT2D eigenvalue weighted by Crippen LogP contribution is 2.32. The van der Waals surface area contributed by atoms with Gasteiger partial charge in [-0.1, -0.05) is 48.5 Å². The van der Waals surface area contributed by atoms with Crippen molar-refractivity contribution in [2.24, 2.45) is 10.2 Å². The number of aromatic hydroxyl groups is 1. The number of aromatic amines is 1. The number of nitrogens with one attached hydrogen (secondary N) is 1. The Bertz CT molecular complexity index is 717. The molecule has 0 bridgehead atoms. The first kappa shape index (κ1) is 11.5. The molecule has 4 heteroatoms. The van der Waals surface area contributed by atoms with Crippen LogP contribution in [-0.2, 0) is 6.54 Å². The van der Waals surface area contributed by atoms with E-state index in [1.807, 2.05) is 54.6 Å². The van der Waals surface area contributed by atoms with Gasteiger partial charge in [0.15, 0.2) is 11.7 Å². The first-order valence-electron chi connectivity index (χ1n) is 6.06. The predicted octanol–water partition coefficient (Wildman–Crippen LogP) is 4.16. The van der Waals surface area contributed by atoms with Crippen molar-refractivity contribution in [3.05, 3.63) is 60.2 Å². The van der Waals surface area contributed by atoms with Crippen LogP contribution in [-0.4, -0.2) is 10.1 Å². The van der Waals surface area contributed by atoms with Gasteiger partial charge in [0.2, 0.25) is 0 Å². The fourth-order valence-corrected chi connectivity index (χ4v) is 1.99. The zero-order valence-electron chi connectivity index (χ0n) is 10.2. The second-order valence-corrected chi connectivity index (χ2v) is 4.25. The SMILES string of the molecule is Oc1[nH]c(N=NCc2ccccc2)c2ccccc12. The summed E-state index contributed by atoms with van der Waals surface area (Å²) in [7, 11) is 0. The maximum Gasteiger partial charge on any atom is 0.198 e. The smallest absolute Gasteiger partial charge is 0.198 e. The maximum absolute atomic E-state index is 9.75. The highest BCUT2D eigenvalue weighted by atomic mass is 16.3. The third-order valence-corrected chi connectivity index (χ3v) is 2.94. The Morgan fingerprint density at radius 3 is 2.37 bits per heavy atom. The number of azo groups is 1. The zero-order valence-corrected chi connectivity index (χ0v) is 10.2. The fraction of sp³-hybridized carbons (Fsp3) is 0.0667. The molecule has 0 amide bonds. The molecule has 94 valence electrons. The highest BCUT2D eigenvalue weighted by molar-refractivity contribution is 5.95. The summed E-state index contributed by atoms with van der Waals surface area (Å²) < 4.78 is 0. The predicted molar refractivity (Wildman–Crippen MR) is 74.6 cm³/mol. The molecule has 0 spiro atoms. The van der Waals surface area contributed by atoms with Crippen LogP contribution in [0.4, 0.5) is 5.82 Å². The number of hydrogen-bond donors (Lipinski definition) is 2. The quantitative estimate of drug-likeness (QED) is 0.675. The number of aromatic nitrogens is 1. The van der Waals surface area contributed by atoms with Crippen molar-refractivity contribution >= 4 is 16.6 Å². The van der Waals surface area contributed by atoms with Gasteiger partial charge in [0, 0.05) is 10.8 Å². The molecule has 0 unspecified atom stereocenters. The fourth-order valence-electron chi connectivity index (χ4n) is 1.99. The lowest BCUT2D eigenvalue weighted by atomic mass is 10.2. The molecule has 0 aliphatic carbocycles. The third-order valence-electron chi connectivity index (χ3n) is 2.94. The van der Waals surface area contributed by atoms with Crippen LogP contribution in [0.15, 0.2) is 64.8 Å². The minimum atomic E-state index is 0.129. The molecule has 0 aliphatic heterocycles. The molecule has 19 heavy (non-hydrogen) atoms. The van der Waals surface area contributed by atoms with Crippen molar-refractivity contribution in [2.45, 2.75) is 6.54 Å². The molecular weight excluding hydrogens is 238 g/mol. The Labute approximate surface area is 110 Å². The number of benzene rings is 2. The lowest BCUT2D eigenvalue weighted by Crippen LogP contribution is -1.77. The van der Waals surface area contributed by atoms with Crippen LogP contribution >= 0.6 is 0 Å². The first-order valence-corrected chi connectivity index (χ1v) is 6.06. The summed E-state index contributed by atoms with van der Waals surface area (Å²) in [6, 6.07) is 17.5. The minimum absolute atomic E-state index is 0.129. The Balaban J connectivity index is 1.86.